The second kappa shape index (κ2) is 57.6. The molecule has 6 fully saturated rings. The number of hydrazine groups is 2. The highest BCUT2D eigenvalue weighted by Crippen LogP contribution is 2.58. The maximum atomic E-state index is 14.7. The van der Waals surface area contributed by atoms with E-state index in [0.29, 0.717) is 156 Å². The number of carbonyl (C=O) groups is 8. The summed E-state index contributed by atoms with van der Waals surface area (Å²) < 4.78 is 75.3. The Bertz CT molecular complexity index is 3260. The fourth-order valence-corrected chi connectivity index (χ4v) is 18.2. The van der Waals surface area contributed by atoms with E-state index in [9.17, 15) is 84.3 Å². The number of terminal acetylenes is 1. The summed E-state index contributed by atoms with van der Waals surface area (Å²) in [6.07, 6.45) is 13.0. The number of unbranched alkanes of at least 4 members (excludes halogenated alkanes) is 13. The molecule has 0 radical (unpaired) electrons. The average molecular weight is 1850 g/mol. The number of nitrogens with one attached hydrogen (secondary N) is 9. The van der Waals surface area contributed by atoms with Gasteiger partial charge < -0.3 is 155 Å². The van der Waals surface area contributed by atoms with Gasteiger partial charge in [-0.3, -0.25) is 43.4 Å². The lowest BCUT2D eigenvalue weighted by molar-refractivity contribution is -0.475. The van der Waals surface area contributed by atoms with Crippen LogP contribution in [-0.2, 0) is 99.5 Å². The van der Waals surface area contributed by atoms with Gasteiger partial charge in [0.15, 0.2) is 30.0 Å². The largest absolute Gasteiger partial charge is 0.400 e. The fraction of sp³-hybridized carbons (Fsp3) is 0.860. The molecule has 5 aliphatic heterocycles. The van der Waals surface area contributed by atoms with Crippen molar-refractivity contribution in [1.82, 2.24) is 58.1 Å². The zero-order valence-electron chi connectivity index (χ0n) is 74.9. The first-order valence-corrected chi connectivity index (χ1v) is 47.0. The maximum Gasteiger partial charge on any atom is 0.227 e. The normalized spacial score (nSPS) is 28.3. The van der Waals surface area contributed by atoms with Crippen LogP contribution in [0, 0.1) is 36.2 Å². The molecule has 0 spiro atoms. The number of piperidine rings is 1. The van der Waals surface area contributed by atoms with E-state index in [1.165, 1.54) is 70.7 Å². The molecule has 0 aromatic carbocycles. The number of amides is 8. The topological polar surface area (TPSA) is 553 Å². The van der Waals surface area contributed by atoms with E-state index in [1.807, 2.05) is 0 Å². The fourth-order valence-electron chi connectivity index (χ4n) is 17.9. The number of rotatable bonds is 66. The second-order valence-corrected chi connectivity index (χ2v) is 35.3. The molecule has 2 saturated carbocycles. The Kier molecular flexibility index (Phi) is 48.3. The van der Waals surface area contributed by atoms with Crippen molar-refractivity contribution in [1.29, 1.82) is 0 Å². The Morgan fingerprint density at radius 1 is 0.539 bits per heavy atom. The summed E-state index contributed by atoms with van der Waals surface area (Å²) in [6, 6.07) is -2.13. The summed E-state index contributed by atoms with van der Waals surface area (Å²) in [5, 5.41) is 114. The molecule has 5 heterocycles. The minimum absolute atomic E-state index is 0.0693. The molecular formula is C86H148N11O30P. The molecule has 732 valence electrons. The van der Waals surface area contributed by atoms with Gasteiger partial charge in [-0.25, -0.2) is 0 Å². The van der Waals surface area contributed by atoms with Gasteiger partial charge >= 0.3 is 0 Å². The summed E-state index contributed by atoms with van der Waals surface area (Å²) in [5.41, 5.74) is 4.85. The van der Waals surface area contributed by atoms with Crippen molar-refractivity contribution in [3.05, 3.63) is 11.4 Å². The third kappa shape index (κ3) is 33.3. The predicted octanol–water partition coefficient (Wildman–Crippen LogP) is -1.17. The number of likely N-dealkylation sites (tertiary alicyclic amines) is 1. The first-order valence-electron chi connectivity index (χ1n) is 46.2. The summed E-state index contributed by atoms with van der Waals surface area (Å²) in [7, 11) is -0.0900. The van der Waals surface area contributed by atoms with Gasteiger partial charge in [-0.05, 0) is 108 Å². The van der Waals surface area contributed by atoms with Crippen molar-refractivity contribution < 1.29 is 145 Å². The van der Waals surface area contributed by atoms with Gasteiger partial charge in [-0.1, -0.05) is 70.6 Å². The quantitative estimate of drug-likeness (QED) is 0.0194. The smallest absolute Gasteiger partial charge is 0.227 e. The van der Waals surface area contributed by atoms with Crippen LogP contribution in [0.3, 0.4) is 0 Å². The molecule has 42 heteroatoms. The number of nitrogens with zero attached hydrogens (tertiary/aromatic N) is 2. The van der Waals surface area contributed by atoms with E-state index < -0.39 is 140 Å². The number of aliphatic hydroxyl groups is 9. The van der Waals surface area contributed by atoms with Crippen molar-refractivity contribution in [3.8, 4) is 12.5 Å². The van der Waals surface area contributed by atoms with Crippen LogP contribution in [0.2, 0.25) is 0 Å². The van der Waals surface area contributed by atoms with Gasteiger partial charge in [-0.15, -0.1) is 5.53 Å². The number of hydrogen-bond acceptors (Lipinski definition) is 33. The third-order valence-electron chi connectivity index (χ3n) is 25.1. The van der Waals surface area contributed by atoms with E-state index in [4.69, 9.17) is 67.6 Å². The molecule has 4 saturated heterocycles. The molecule has 8 rings (SSSR count). The summed E-state index contributed by atoms with van der Waals surface area (Å²) in [5.74, 6) is -0.983. The molecule has 8 amide bonds. The SMILES string of the molecule is C#COPOCCCCCCCC1C2CCC3=C(CCC12)N(CCOCCOCCC(=O)N1CCC(C(=O)NC(COCCC(=O)NCCCCCCOC2OC(CO)C(O)C(O)C2NC(C)=O)(COCCC(=O)NCCCCCCOC2OC(CO)C(O)C(O)C2NC(C)=O)COCCC(=O)NCCCCCCOC2OC4(CO)C(O)C(O)C24NC(C)=O)CC1)NN3. The molecule has 8 aliphatic rings. The van der Waals surface area contributed by atoms with Crippen LogP contribution < -0.4 is 48.2 Å². The van der Waals surface area contributed by atoms with Gasteiger partial charge in [0.25, 0.3) is 0 Å². The van der Waals surface area contributed by atoms with Crippen LogP contribution in [-0.4, -0.2) is 351 Å². The van der Waals surface area contributed by atoms with E-state index >= 15 is 0 Å². The summed E-state index contributed by atoms with van der Waals surface area (Å²) >= 11 is 0. The highest BCUT2D eigenvalue weighted by molar-refractivity contribution is 7.26. The molecular weight excluding hydrogens is 1700 g/mol. The zero-order chi connectivity index (χ0) is 92.3. The van der Waals surface area contributed by atoms with Crippen molar-refractivity contribution >= 4 is 56.3 Å². The molecule has 41 nitrogen and oxygen atoms in total. The van der Waals surface area contributed by atoms with Crippen molar-refractivity contribution in [2.24, 2.45) is 23.7 Å². The van der Waals surface area contributed by atoms with Gasteiger partial charge in [-0.2, -0.15) is 0 Å². The monoisotopic (exact) mass is 1850 g/mol. The van der Waals surface area contributed by atoms with Gasteiger partial charge in [0.2, 0.25) is 56.3 Å². The maximum absolute atomic E-state index is 14.7. The number of hydrogen-bond donors (Lipinski definition) is 18. The number of ether oxygens (including phenoxy) is 11. The van der Waals surface area contributed by atoms with Crippen LogP contribution in [0.1, 0.15) is 201 Å². The summed E-state index contributed by atoms with van der Waals surface area (Å²) in [4.78, 5) is 106. The van der Waals surface area contributed by atoms with Gasteiger partial charge in [0.1, 0.15) is 72.6 Å². The highest BCUT2D eigenvalue weighted by Gasteiger charge is 2.85. The Hall–Kier alpha value is -5.99. The van der Waals surface area contributed by atoms with E-state index in [2.05, 4.69) is 59.3 Å². The molecule has 19 atom stereocenters. The van der Waals surface area contributed by atoms with Crippen LogP contribution in [0.15, 0.2) is 11.4 Å². The lowest BCUT2D eigenvalue weighted by Gasteiger charge is -2.73. The molecule has 19 unspecified atom stereocenters. The summed E-state index contributed by atoms with van der Waals surface area (Å²) in [6.45, 7) is 5.80. The van der Waals surface area contributed by atoms with Crippen LogP contribution >= 0.6 is 9.03 Å². The van der Waals surface area contributed by atoms with E-state index in [0.717, 1.165) is 43.4 Å². The minimum atomic E-state index is -1.57. The standard InChI is InChI=1S/C86H148N11O30P/c1-5-123-128-124-43-22-11-6-7-15-23-61-62-24-26-64-65(27-25-63(61)62)97(95-94-64)39-48-116-50-49-115-47-33-71(107)96-37-28-60(29-38-96)80(114)93-84(54-117-44-30-68(104)87-34-16-8-12-19-40-120-81-72(90-57(2)101)76(110)74(108)66(51-98)125-81,55-118-45-31-69(105)88-35-17-9-13-20-41-121-82-73(91-58(3)102)77(111)75(109)67(52-99)126-82)56-119-46-32-70(106)89-36-18-10-14-21-42-122-83-86(92-59(4)103)79(113)78(112)85(86,53-100)127-83/h1,60-63,66-67,72-79,81-83,94-95,98-100,108-113,128H,6-56H2,2-4H3,(H,87,104)(H,88,105)(H,89,106)(H,90,101)(H,91,102)(H,92,103)(H,93,114). The second-order valence-electron chi connectivity index (χ2n) is 34.6. The first kappa shape index (κ1) is 107. The Morgan fingerprint density at radius 2 is 1.02 bits per heavy atom. The lowest BCUT2D eigenvalue weighted by Crippen LogP contribution is -3.00. The molecule has 0 aromatic rings. The van der Waals surface area contributed by atoms with E-state index in [1.54, 1.807) is 4.90 Å². The number of fused-ring (bicyclic) bond motifs is 2. The van der Waals surface area contributed by atoms with Crippen LogP contribution in [0.5, 0.6) is 0 Å². The Balaban J connectivity index is 0.790. The Morgan fingerprint density at radius 3 is 1.52 bits per heavy atom. The predicted molar refractivity (Wildman–Crippen MR) is 460 cm³/mol. The Labute approximate surface area is 752 Å². The van der Waals surface area contributed by atoms with Crippen molar-refractivity contribution in [2.75, 3.05) is 152 Å². The van der Waals surface area contributed by atoms with Gasteiger partial charge in [0, 0.05) is 104 Å². The average Bonchev–Trinajstić information content (AvgIpc) is 0.734. The van der Waals surface area contributed by atoms with Crippen LogP contribution in [0.4, 0.5) is 0 Å². The van der Waals surface area contributed by atoms with Crippen LogP contribution in [0.25, 0.3) is 0 Å². The van der Waals surface area contributed by atoms with Gasteiger partial charge in [0.05, 0.1) is 111 Å². The van der Waals surface area contributed by atoms with Crippen molar-refractivity contribution in [3.63, 3.8) is 0 Å². The number of carbonyl (C=O) groups excluding carboxylic acids is 8. The molecule has 128 heavy (non-hydrogen) atoms. The molecule has 0 bridgehead atoms. The molecule has 3 aliphatic carbocycles. The van der Waals surface area contributed by atoms with Crippen molar-refractivity contribution in [2.45, 2.75) is 297 Å². The number of allylic oxidation sites excluding steroid dienone is 2. The number of aliphatic hydroxyl groups excluding tert-OH is 9. The zero-order valence-corrected chi connectivity index (χ0v) is 75.9. The lowest BCUT2D eigenvalue weighted by atomic mass is 9.53. The first-order chi connectivity index (χ1) is 61.9. The molecule has 0 aromatic heterocycles. The minimum Gasteiger partial charge on any atom is -0.400 e. The third-order valence-corrected chi connectivity index (χ3v) is 25.7. The molecule has 18 N–H and O–H groups in total. The van der Waals surface area contributed by atoms with E-state index in [-0.39, 0.29) is 130 Å². The highest BCUT2D eigenvalue weighted by atomic mass is 31.1.